The summed E-state index contributed by atoms with van der Waals surface area (Å²) >= 11 is 3.56. The standard InChI is InChI=1S/C22H19BrN2O/c23-20-4-2-1-3-17(20)6-8-22(26)25-14-11-19-15-18(5-7-21(19)25)16-9-12-24-13-10-16/h1-5,7,9-10,12-13,15H,6,8,11,14H2. The number of halogens is 1. The number of fused-ring (bicyclic) bond motifs is 1. The molecule has 3 aromatic rings. The van der Waals surface area contributed by atoms with Crippen LogP contribution >= 0.6 is 15.9 Å². The van der Waals surface area contributed by atoms with Crippen molar-refractivity contribution in [3.05, 3.63) is 82.6 Å². The van der Waals surface area contributed by atoms with E-state index in [0.29, 0.717) is 6.42 Å². The number of rotatable bonds is 4. The lowest BCUT2D eigenvalue weighted by atomic mass is 10.0. The van der Waals surface area contributed by atoms with Crippen molar-refractivity contribution in [1.29, 1.82) is 0 Å². The van der Waals surface area contributed by atoms with Crippen molar-refractivity contribution < 1.29 is 4.79 Å². The summed E-state index contributed by atoms with van der Waals surface area (Å²) in [7, 11) is 0. The highest BCUT2D eigenvalue weighted by atomic mass is 79.9. The second-order valence-electron chi connectivity index (χ2n) is 6.47. The largest absolute Gasteiger partial charge is 0.312 e. The van der Waals surface area contributed by atoms with E-state index < -0.39 is 0 Å². The molecule has 1 aliphatic heterocycles. The monoisotopic (exact) mass is 406 g/mol. The van der Waals surface area contributed by atoms with Crippen LogP contribution in [0.1, 0.15) is 17.5 Å². The van der Waals surface area contributed by atoms with Crippen LogP contribution in [-0.2, 0) is 17.6 Å². The van der Waals surface area contributed by atoms with Gasteiger partial charge in [-0.05, 0) is 65.4 Å². The molecule has 0 atom stereocenters. The van der Waals surface area contributed by atoms with Crippen molar-refractivity contribution in [3.8, 4) is 11.1 Å². The van der Waals surface area contributed by atoms with Gasteiger partial charge in [0, 0.05) is 35.5 Å². The van der Waals surface area contributed by atoms with Crippen molar-refractivity contribution in [2.75, 3.05) is 11.4 Å². The number of benzene rings is 2. The van der Waals surface area contributed by atoms with Crippen LogP contribution in [0.25, 0.3) is 11.1 Å². The predicted molar refractivity (Wildman–Crippen MR) is 108 cm³/mol. The van der Waals surface area contributed by atoms with Crippen LogP contribution in [-0.4, -0.2) is 17.4 Å². The highest BCUT2D eigenvalue weighted by Gasteiger charge is 2.24. The molecular weight excluding hydrogens is 388 g/mol. The molecule has 1 amide bonds. The predicted octanol–water partition coefficient (Wildman–Crippen LogP) is 5.03. The lowest BCUT2D eigenvalue weighted by molar-refractivity contribution is -0.118. The van der Waals surface area contributed by atoms with Crippen molar-refractivity contribution in [1.82, 2.24) is 4.98 Å². The van der Waals surface area contributed by atoms with Gasteiger partial charge in [0.05, 0.1) is 0 Å². The first-order valence-corrected chi connectivity index (χ1v) is 9.59. The molecule has 0 unspecified atom stereocenters. The summed E-state index contributed by atoms with van der Waals surface area (Å²) in [5.74, 6) is 0.191. The van der Waals surface area contributed by atoms with E-state index in [0.717, 1.165) is 35.1 Å². The third-order valence-electron chi connectivity index (χ3n) is 4.86. The lowest BCUT2D eigenvalue weighted by Gasteiger charge is -2.18. The number of carbonyl (C=O) groups is 1. The van der Waals surface area contributed by atoms with Crippen LogP contribution in [0, 0.1) is 0 Å². The number of hydrogen-bond acceptors (Lipinski definition) is 2. The van der Waals surface area contributed by atoms with Gasteiger partial charge >= 0.3 is 0 Å². The first-order chi connectivity index (χ1) is 12.7. The fourth-order valence-electron chi connectivity index (χ4n) is 3.46. The summed E-state index contributed by atoms with van der Waals surface area (Å²) in [6, 6.07) is 18.5. The van der Waals surface area contributed by atoms with Crippen molar-refractivity contribution in [2.45, 2.75) is 19.3 Å². The van der Waals surface area contributed by atoms with Crippen LogP contribution < -0.4 is 4.90 Å². The Morgan fingerprint density at radius 3 is 2.65 bits per heavy atom. The Hall–Kier alpha value is -2.46. The minimum atomic E-state index is 0.191. The van der Waals surface area contributed by atoms with Crippen LogP contribution in [0.5, 0.6) is 0 Å². The molecule has 26 heavy (non-hydrogen) atoms. The van der Waals surface area contributed by atoms with Gasteiger partial charge in [-0.25, -0.2) is 0 Å². The molecule has 130 valence electrons. The van der Waals surface area contributed by atoms with Crippen molar-refractivity contribution in [3.63, 3.8) is 0 Å². The maximum atomic E-state index is 12.7. The molecule has 0 saturated carbocycles. The van der Waals surface area contributed by atoms with Crippen LogP contribution in [0.3, 0.4) is 0 Å². The molecule has 4 rings (SSSR count). The highest BCUT2D eigenvalue weighted by Crippen LogP contribution is 2.33. The van der Waals surface area contributed by atoms with Gasteiger partial charge in [-0.3, -0.25) is 9.78 Å². The minimum absolute atomic E-state index is 0.191. The number of hydrogen-bond donors (Lipinski definition) is 0. The van der Waals surface area contributed by atoms with Crippen LogP contribution in [0.15, 0.2) is 71.5 Å². The van der Waals surface area contributed by atoms with E-state index in [-0.39, 0.29) is 5.91 Å². The Morgan fingerprint density at radius 1 is 1.04 bits per heavy atom. The second-order valence-corrected chi connectivity index (χ2v) is 7.32. The third-order valence-corrected chi connectivity index (χ3v) is 5.63. The molecule has 0 fully saturated rings. The summed E-state index contributed by atoms with van der Waals surface area (Å²) in [6.45, 7) is 0.768. The molecule has 2 aromatic carbocycles. The van der Waals surface area contributed by atoms with E-state index in [1.165, 1.54) is 16.7 Å². The first-order valence-electron chi connectivity index (χ1n) is 8.79. The maximum absolute atomic E-state index is 12.7. The summed E-state index contributed by atoms with van der Waals surface area (Å²) in [5, 5.41) is 0. The second kappa shape index (κ2) is 7.42. The fraction of sp³-hybridized carbons (Fsp3) is 0.182. The van der Waals surface area contributed by atoms with Gasteiger partial charge in [-0.2, -0.15) is 0 Å². The molecule has 0 spiro atoms. The number of carbonyl (C=O) groups excluding carboxylic acids is 1. The third kappa shape index (κ3) is 3.42. The molecule has 0 saturated heterocycles. The molecular formula is C22H19BrN2O. The van der Waals surface area contributed by atoms with E-state index in [2.05, 4.69) is 45.2 Å². The van der Waals surface area contributed by atoms with E-state index >= 15 is 0 Å². The molecule has 3 nitrogen and oxygen atoms in total. The number of amides is 1. The zero-order valence-electron chi connectivity index (χ0n) is 14.4. The van der Waals surface area contributed by atoms with Crippen LogP contribution in [0.4, 0.5) is 5.69 Å². The zero-order valence-corrected chi connectivity index (χ0v) is 15.9. The Morgan fingerprint density at radius 2 is 1.85 bits per heavy atom. The van der Waals surface area contributed by atoms with Gasteiger partial charge in [0.15, 0.2) is 0 Å². The summed E-state index contributed by atoms with van der Waals surface area (Å²) in [4.78, 5) is 18.8. The molecule has 1 aromatic heterocycles. The highest BCUT2D eigenvalue weighted by molar-refractivity contribution is 9.10. The summed E-state index contributed by atoms with van der Waals surface area (Å²) in [6.07, 6.45) is 5.80. The van der Waals surface area contributed by atoms with Crippen molar-refractivity contribution >= 4 is 27.5 Å². The fourth-order valence-corrected chi connectivity index (χ4v) is 3.95. The maximum Gasteiger partial charge on any atom is 0.227 e. The van der Waals surface area contributed by atoms with E-state index in [4.69, 9.17) is 0 Å². The van der Waals surface area contributed by atoms with Gasteiger partial charge in [0.1, 0.15) is 0 Å². The lowest BCUT2D eigenvalue weighted by Crippen LogP contribution is -2.29. The molecule has 4 heteroatoms. The van der Waals surface area contributed by atoms with Crippen LogP contribution in [0.2, 0.25) is 0 Å². The molecule has 0 aliphatic carbocycles. The number of aryl methyl sites for hydroxylation is 1. The average Bonchev–Trinajstić information content (AvgIpc) is 3.11. The number of anilines is 1. The van der Waals surface area contributed by atoms with Gasteiger partial charge in [-0.1, -0.05) is 40.2 Å². The first kappa shape index (κ1) is 17.0. The Labute approximate surface area is 161 Å². The van der Waals surface area contributed by atoms with E-state index in [1.807, 2.05) is 35.2 Å². The van der Waals surface area contributed by atoms with Crippen molar-refractivity contribution in [2.24, 2.45) is 0 Å². The molecule has 0 bridgehead atoms. The zero-order chi connectivity index (χ0) is 17.9. The summed E-state index contributed by atoms with van der Waals surface area (Å²) in [5.41, 5.74) is 5.80. The smallest absolute Gasteiger partial charge is 0.227 e. The Bertz CT molecular complexity index is 940. The summed E-state index contributed by atoms with van der Waals surface area (Å²) < 4.78 is 1.07. The van der Waals surface area contributed by atoms with E-state index in [1.54, 1.807) is 12.4 Å². The number of nitrogens with zero attached hydrogens (tertiary/aromatic N) is 2. The van der Waals surface area contributed by atoms with E-state index in [9.17, 15) is 4.79 Å². The molecule has 2 heterocycles. The Balaban J connectivity index is 1.49. The molecule has 1 aliphatic rings. The number of aromatic nitrogens is 1. The van der Waals surface area contributed by atoms with Gasteiger partial charge in [-0.15, -0.1) is 0 Å². The average molecular weight is 407 g/mol. The van der Waals surface area contributed by atoms with Gasteiger partial charge < -0.3 is 4.90 Å². The van der Waals surface area contributed by atoms with Gasteiger partial charge in [0.2, 0.25) is 5.91 Å². The molecule has 0 N–H and O–H groups in total. The quantitative estimate of drug-likeness (QED) is 0.608. The normalized spacial score (nSPS) is 12.9. The topological polar surface area (TPSA) is 33.2 Å². The molecule has 0 radical (unpaired) electrons. The minimum Gasteiger partial charge on any atom is -0.312 e. The SMILES string of the molecule is O=C(CCc1ccccc1Br)N1CCc2cc(-c3ccncc3)ccc21. The Kier molecular flexibility index (Phi) is 4.85. The number of pyridine rings is 1. The van der Waals surface area contributed by atoms with Gasteiger partial charge in [0.25, 0.3) is 0 Å².